The van der Waals surface area contributed by atoms with Crippen LogP contribution in [-0.2, 0) is 19.1 Å². The number of imide groups is 1. The molecule has 0 radical (unpaired) electrons. The number of nitrogens with zero attached hydrogens (tertiary/aromatic N) is 1. The van der Waals surface area contributed by atoms with Crippen molar-refractivity contribution in [1.82, 2.24) is 10.2 Å². The molecule has 9 heteroatoms. The van der Waals surface area contributed by atoms with Crippen molar-refractivity contribution in [1.29, 1.82) is 0 Å². The molecule has 0 aromatic heterocycles. The van der Waals surface area contributed by atoms with E-state index in [1.165, 1.54) is 0 Å². The lowest BCUT2D eigenvalue weighted by Gasteiger charge is -2.11. The molecule has 4 amide bonds. The number of urea groups is 1. The number of hydrogen-bond acceptors (Lipinski definition) is 5. The zero-order chi connectivity index (χ0) is 17.5. The first-order valence-corrected chi connectivity index (χ1v) is 8.04. The van der Waals surface area contributed by atoms with Gasteiger partial charge in [-0.25, -0.2) is 4.79 Å². The Morgan fingerprint density at radius 1 is 1.33 bits per heavy atom. The fraction of sp³-hybridized carbons (Fsp3) is 0.333. The fourth-order valence-corrected chi connectivity index (χ4v) is 2.44. The van der Waals surface area contributed by atoms with Crippen molar-refractivity contribution in [3.8, 4) is 0 Å². The Bertz CT molecular complexity index is 648. The third kappa shape index (κ3) is 5.34. The van der Waals surface area contributed by atoms with Crippen molar-refractivity contribution in [3.63, 3.8) is 0 Å². The molecular formula is C15H16BrN3O5. The van der Waals surface area contributed by atoms with Crippen LogP contribution < -0.4 is 10.6 Å². The minimum atomic E-state index is -0.563. The molecule has 1 aliphatic heterocycles. The largest absolute Gasteiger partial charge is 0.456 e. The summed E-state index contributed by atoms with van der Waals surface area (Å²) in [5.41, 5.74) is 0.587. The number of carbonyl (C=O) groups is 4. The second kappa shape index (κ2) is 8.44. The van der Waals surface area contributed by atoms with E-state index in [0.717, 1.165) is 9.37 Å². The summed E-state index contributed by atoms with van der Waals surface area (Å²) < 4.78 is 5.68. The van der Waals surface area contributed by atoms with E-state index in [-0.39, 0.29) is 31.8 Å². The average molecular weight is 398 g/mol. The van der Waals surface area contributed by atoms with Gasteiger partial charge in [0.2, 0.25) is 5.91 Å². The molecule has 2 rings (SSSR count). The van der Waals surface area contributed by atoms with Crippen molar-refractivity contribution in [3.05, 3.63) is 28.7 Å². The molecule has 0 unspecified atom stereocenters. The molecule has 1 aromatic carbocycles. The summed E-state index contributed by atoms with van der Waals surface area (Å²) in [5, 5.41) is 4.99. The van der Waals surface area contributed by atoms with Crippen LogP contribution in [0.2, 0.25) is 0 Å². The maximum atomic E-state index is 11.7. The Balaban J connectivity index is 1.65. The summed E-state index contributed by atoms with van der Waals surface area (Å²) in [6.45, 7) is -0.266. The van der Waals surface area contributed by atoms with E-state index in [9.17, 15) is 19.2 Å². The molecule has 1 aliphatic rings. The highest BCUT2D eigenvalue weighted by atomic mass is 79.9. The predicted octanol–water partition coefficient (Wildman–Crippen LogP) is 1.26. The van der Waals surface area contributed by atoms with Gasteiger partial charge in [0.05, 0.1) is 6.54 Å². The highest BCUT2D eigenvalue weighted by Crippen LogP contribution is 2.15. The Hall–Kier alpha value is -2.42. The molecular weight excluding hydrogens is 382 g/mol. The van der Waals surface area contributed by atoms with Crippen LogP contribution in [-0.4, -0.2) is 48.4 Å². The van der Waals surface area contributed by atoms with Crippen LogP contribution >= 0.6 is 15.9 Å². The second-order valence-corrected chi connectivity index (χ2v) is 5.94. The average Bonchev–Trinajstić information content (AvgIpc) is 2.85. The number of rotatable bonds is 7. The normalized spacial score (nSPS) is 13.6. The number of ether oxygens (including phenoxy) is 1. The SMILES string of the molecule is O=C(COC(=O)CCCN1C(=O)CNC1=O)Nc1cccc(Br)c1. The highest BCUT2D eigenvalue weighted by molar-refractivity contribution is 9.10. The van der Waals surface area contributed by atoms with Crippen LogP contribution in [0.4, 0.5) is 10.5 Å². The number of hydrogen-bond donors (Lipinski definition) is 2. The van der Waals surface area contributed by atoms with Gasteiger partial charge in [0.1, 0.15) is 0 Å². The summed E-state index contributed by atoms with van der Waals surface area (Å²) in [5.74, 6) is -1.33. The van der Waals surface area contributed by atoms with Crippen LogP contribution in [0, 0.1) is 0 Å². The van der Waals surface area contributed by atoms with Crippen LogP contribution in [0.1, 0.15) is 12.8 Å². The number of carbonyl (C=O) groups excluding carboxylic acids is 4. The molecule has 0 atom stereocenters. The molecule has 1 saturated heterocycles. The van der Waals surface area contributed by atoms with Gasteiger partial charge >= 0.3 is 12.0 Å². The minimum absolute atomic E-state index is 0.0148. The van der Waals surface area contributed by atoms with Gasteiger partial charge in [0.15, 0.2) is 6.61 Å². The topological polar surface area (TPSA) is 105 Å². The zero-order valence-corrected chi connectivity index (χ0v) is 14.3. The third-order valence-electron chi connectivity index (χ3n) is 3.17. The van der Waals surface area contributed by atoms with Gasteiger partial charge < -0.3 is 15.4 Å². The summed E-state index contributed by atoms with van der Waals surface area (Å²) >= 11 is 3.29. The maximum Gasteiger partial charge on any atom is 0.324 e. The Morgan fingerprint density at radius 2 is 2.12 bits per heavy atom. The van der Waals surface area contributed by atoms with Crippen LogP contribution in [0.25, 0.3) is 0 Å². The standard InChI is InChI=1S/C15H16BrN3O5/c16-10-3-1-4-11(7-10)18-12(20)9-24-14(22)5-2-6-19-13(21)8-17-15(19)23/h1,3-4,7H,2,5-6,8-9H2,(H,17,23)(H,18,20). The van der Waals surface area contributed by atoms with E-state index in [1.54, 1.807) is 18.2 Å². The second-order valence-electron chi connectivity index (χ2n) is 5.03. The number of anilines is 1. The number of nitrogens with one attached hydrogen (secondary N) is 2. The first kappa shape index (κ1) is 17.9. The van der Waals surface area contributed by atoms with Gasteiger partial charge in [-0.2, -0.15) is 0 Å². The molecule has 128 valence electrons. The van der Waals surface area contributed by atoms with Crippen LogP contribution in [0.15, 0.2) is 28.7 Å². The zero-order valence-electron chi connectivity index (χ0n) is 12.7. The smallest absolute Gasteiger partial charge is 0.324 e. The molecule has 1 aromatic rings. The lowest BCUT2D eigenvalue weighted by atomic mass is 10.3. The van der Waals surface area contributed by atoms with E-state index in [2.05, 4.69) is 26.6 Å². The summed E-state index contributed by atoms with van der Waals surface area (Å²) in [4.78, 5) is 47.0. The molecule has 24 heavy (non-hydrogen) atoms. The van der Waals surface area contributed by atoms with Gasteiger partial charge in [-0.05, 0) is 24.6 Å². The number of halogens is 1. The van der Waals surface area contributed by atoms with E-state index >= 15 is 0 Å². The van der Waals surface area contributed by atoms with Crippen molar-refractivity contribution in [2.24, 2.45) is 0 Å². The van der Waals surface area contributed by atoms with Crippen molar-refractivity contribution >= 4 is 45.4 Å². The summed E-state index contributed by atoms with van der Waals surface area (Å²) in [6.07, 6.45) is 0.298. The first-order chi connectivity index (χ1) is 11.5. The van der Waals surface area contributed by atoms with Gasteiger partial charge in [-0.1, -0.05) is 22.0 Å². The molecule has 0 aliphatic carbocycles. The predicted molar refractivity (Wildman–Crippen MR) is 88.1 cm³/mol. The van der Waals surface area contributed by atoms with E-state index in [1.807, 2.05) is 6.07 Å². The lowest BCUT2D eigenvalue weighted by molar-refractivity contribution is -0.147. The quantitative estimate of drug-likeness (QED) is 0.532. The number of esters is 1. The van der Waals surface area contributed by atoms with Crippen LogP contribution in [0.5, 0.6) is 0 Å². The summed E-state index contributed by atoms with van der Waals surface area (Å²) in [7, 11) is 0. The molecule has 0 spiro atoms. The van der Waals surface area contributed by atoms with Crippen molar-refractivity contribution in [2.45, 2.75) is 12.8 Å². The Labute approximate surface area is 146 Å². The number of benzene rings is 1. The van der Waals surface area contributed by atoms with E-state index in [4.69, 9.17) is 4.74 Å². The van der Waals surface area contributed by atoms with Crippen molar-refractivity contribution in [2.75, 3.05) is 25.0 Å². The number of amides is 4. The molecule has 0 bridgehead atoms. The van der Waals surface area contributed by atoms with Crippen molar-refractivity contribution < 1.29 is 23.9 Å². The minimum Gasteiger partial charge on any atom is -0.456 e. The molecule has 8 nitrogen and oxygen atoms in total. The molecule has 0 saturated carbocycles. The lowest BCUT2D eigenvalue weighted by Crippen LogP contribution is -2.32. The Morgan fingerprint density at radius 3 is 2.79 bits per heavy atom. The molecule has 2 N–H and O–H groups in total. The van der Waals surface area contributed by atoms with Gasteiger partial charge in [-0.15, -0.1) is 0 Å². The monoisotopic (exact) mass is 397 g/mol. The summed E-state index contributed by atoms with van der Waals surface area (Å²) in [6, 6.07) is 6.56. The van der Waals surface area contributed by atoms with E-state index in [0.29, 0.717) is 5.69 Å². The first-order valence-electron chi connectivity index (χ1n) is 7.25. The maximum absolute atomic E-state index is 11.7. The van der Waals surface area contributed by atoms with E-state index < -0.39 is 24.5 Å². The van der Waals surface area contributed by atoms with Gasteiger partial charge in [0, 0.05) is 23.1 Å². The highest BCUT2D eigenvalue weighted by Gasteiger charge is 2.27. The van der Waals surface area contributed by atoms with Gasteiger partial charge in [0.25, 0.3) is 5.91 Å². The van der Waals surface area contributed by atoms with Crippen LogP contribution in [0.3, 0.4) is 0 Å². The Kier molecular flexibility index (Phi) is 6.30. The molecule has 1 fully saturated rings. The fourth-order valence-electron chi connectivity index (χ4n) is 2.04. The van der Waals surface area contributed by atoms with Gasteiger partial charge in [-0.3, -0.25) is 19.3 Å². The third-order valence-corrected chi connectivity index (χ3v) is 3.67. The molecule has 1 heterocycles.